The van der Waals surface area contributed by atoms with Crippen LogP contribution in [0, 0.1) is 0 Å². The molecular weight excluding hydrogens is 184 g/mol. The molecule has 0 aliphatic rings. The van der Waals surface area contributed by atoms with Gasteiger partial charge in [0.2, 0.25) is 11.5 Å². The van der Waals surface area contributed by atoms with Gasteiger partial charge < -0.3 is 9.47 Å². The van der Waals surface area contributed by atoms with Crippen molar-refractivity contribution in [2.75, 3.05) is 13.2 Å². The first-order valence-corrected chi connectivity index (χ1v) is 4.03. The Morgan fingerprint density at radius 2 is 1.29 bits per heavy atom. The summed E-state index contributed by atoms with van der Waals surface area (Å²) in [5, 5.41) is 0. The monoisotopic (exact) mass is 194 g/mol. The Kier molecular flexibility index (Phi) is 3.23. The predicted octanol–water partition coefficient (Wildman–Crippen LogP) is 0.412. The van der Waals surface area contributed by atoms with Crippen molar-refractivity contribution in [3.8, 4) is 11.5 Å². The molecule has 0 N–H and O–H groups in total. The molecule has 0 aliphatic heterocycles. The van der Waals surface area contributed by atoms with Crippen LogP contribution in [0.3, 0.4) is 0 Å². The molecule has 0 amide bonds. The SMILES string of the molecule is C=CCOc1c(OCC=C)c(=O)c1=O. The van der Waals surface area contributed by atoms with E-state index in [9.17, 15) is 9.59 Å². The molecule has 0 spiro atoms. The van der Waals surface area contributed by atoms with Crippen LogP contribution in [0.2, 0.25) is 0 Å². The third kappa shape index (κ3) is 1.74. The van der Waals surface area contributed by atoms with Crippen LogP contribution < -0.4 is 20.3 Å². The highest BCUT2D eigenvalue weighted by Gasteiger charge is 2.23. The molecule has 4 heteroatoms. The first-order valence-electron chi connectivity index (χ1n) is 4.03. The van der Waals surface area contributed by atoms with Gasteiger partial charge in [-0.05, 0) is 0 Å². The molecule has 0 saturated carbocycles. The minimum Gasteiger partial charge on any atom is -0.482 e. The van der Waals surface area contributed by atoms with Crippen molar-refractivity contribution < 1.29 is 9.47 Å². The fourth-order valence-corrected chi connectivity index (χ4v) is 0.897. The number of hydrogen-bond acceptors (Lipinski definition) is 4. The van der Waals surface area contributed by atoms with Gasteiger partial charge in [0.1, 0.15) is 13.2 Å². The Labute approximate surface area is 80.8 Å². The maximum absolute atomic E-state index is 11.0. The van der Waals surface area contributed by atoms with E-state index < -0.39 is 10.9 Å². The van der Waals surface area contributed by atoms with Crippen molar-refractivity contribution in [2.45, 2.75) is 0 Å². The van der Waals surface area contributed by atoms with Gasteiger partial charge in [-0.15, -0.1) is 0 Å². The Bertz CT molecular complexity index is 370. The van der Waals surface area contributed by atoms with Crippen molar-refractivity contribution in [3.05, 3.63) is 45.8 Å². The molecule has 1 aromatic rings. The summed E-state index contributed by atoms with van der Waals surface area (Å²) < 4.78 is 9.90. The molecule has 0 bridgehead atoms. The lowest BCUT2D eigenvalue weighted by Gasteiger charge is -2.10. The van der Waals surface area contributed by atoms with Gasteiger partial charge in [-0.25, -0.2) is 0 Å². The molecule has 0 saturated heterocycles. The summed E-state index contributed by atoms with van der Waals surface area (Å²) >= 11 is 0. The van der Waals surface area contributed by atoms with Gasteiger partial charge in [-0.1, -0.05) is 25.3 Å². The lowest BCUT2D eigenvalue weighted by molar-refractivity contribution is 0.294. The van der Waals surface area contributed by atoms with Gasteiger partial charge in [0.05, 0.1) is 0 Å². The van der Waals surface area contributed by atoms with E-state index in [1.807, 2.05) is 0 Å². The van der Waals surface area contributed by atoms with Crippen molar-refractivity contribution in [2.24, 2.45) is 0 Å². The predicted molar refractivity (Wildman–Crippen MR) is 52.7 cm³/mol. The summed E-state index contributed by atoms with van der Waals surface area (Å²) in [7, 11) is 0. The first-order chi connectivity index (χ1) is 6.72. The van der Waals surface area contributed by atoms with Crippen LogP contribution in [0.15, 0.2) is 34.9 Å². The fourth-order valence-electron chi connectivity index (χ4n) is 0.897. The van der Waals surface area contributed by atoms with Crippen LogP contribution in [-0.4, -0.2) is 13.2 Å². The molecule has 0 radical (unpaired) electrons. The van der Waals surface area contributed by atoms with Gasteiger partial charge in [0, 0.05) is 0 Å². The third-order valence-electron chi connectivity index (χ3n) is 1.52. The van der Waals surface area contributed by atoms with Gasteiger partial charge in [-0.2, -0.15) is 0 Å². The van der Waals surface area contributed by atoms with Crippen molar-refractivity contribution in [1.29, 1.82) is 0 Å². The quantitative estimate of drug-likeness (QED) is 0.486. The highest BCUT2D eigenvalue weighted by molar-refractivity contribution is 5.46. The van der Waals surface area contributed by atoms with Crippen LogP contribution in [0.4, 0.5) is 0 Å². The minimum atomic E-state index is -0.647. The minimum absolute atomic E-state index is 0.0169. The average molecular weight is 194 g/mol. The van der Waals surface area contributed by atoms with Gasteiger partial charge in [-0.3, -0.25) is 9.59 Å². The number of hydrogen-bond donors (Lipinski definition) is 0. The first kappa shape index (κ1) is 10.2. The molecule has 14 heavy (non-hydrogen) atoms. The molecule has 4 nitrogen and oxygen atoms in total. The summed E-state index contributed by atoms with van der Waals surface area (Å²) in [6, 6.07) is 0. The Hall–Kier alpha value is -1.84. The molecule has 74 valence electrons. The van der Waals surface area contributed by atoms with E-state index in [0.29, 0.717) is 0 Å². The van der Waals surface area contributed by atoms with E-state index in [0.717, 1.165) is 0 Å². The molecule has 0 atom stereocenters. The van der Waals surface area contributed by atoms with Crippen molar-refractivity contribution >= 4 is 0 Å². The Morgan fingerprint density at radius 3 is 1.57 bits per heavy atom. The number of ether oxygens (including phenoxy) is 2. The molecule has 0 aromatic heterocycles. The zero-order chi connectivity index (χ0) is 10.6. The van der Waals surface area contributed by atoms with Gasteiger partial charge >= 0.3 is 0 Å². The van der Waals surface area contributed by atoms with E-state index in [1.165, 1.54) is 12.2 Å². The van der Waals surface area contributed by atoms with E-state index in [2.05, 4.69) is 13.2 Å². The van der Waals surface area contributed by atoms with E-state index in [-0.39, 0.29) is 24.7 Å². The molecule has 0 aliphatic carbocycles. The second-order valence-corrected chi connectivity index (χ2v) is 2.52. The Balaban J connectivity index is 2.77. The molecule has 1 rings (SSSR count). The second-order valence-electron chi connectivity index (χ2n) is 2.52. The third-order valence-corrected chi connectivity index (χ3v) is 1.52. The lowest BCUT2D eigenvalue weighted by atomic mass is 10.2. The largest absolute Gasteiger partial charge is 0.482 e. The zero-order valence-corrected chi connectivity index (χ0v) is 7.62. The van der Waals surface area contributed by atoms with Crippen molar-refractivity contribution in [3.63, 3.8) is 0 Å². The maximum atomic E-state index is 11.0. The standard InChI is InChI=1S/C10H10O4/c1-3-5-13-9-7(11)8(12)10(9)14-6-4-2/h3-4H,1-2,5-6H2. The highest BCUT2D eigenvalue weighted by atomic mass is 16.5. The van der Waals surface area contributed by atoms with E-state index in [4.69, 9.17) is 9.47 Å². The van der Waals surface area contributed by atoms with Gasteiger partial charge in [0.25, 0.3) is 10.9 Å². The van der Waals surface area contributed by atoms with Crippen LogP contribution in [0.5, 0.6) is 11.5 Å². The van der Waals surface area contributed by atoms with Gasteiger partial charge in [0.15, 0.2) is 0 Å². The molecule has 0 fully saturated rings. The Morgan fingerprint density at radius 1 is 0.929 bits per heavy atom. The normalized spacial score (nSPS) is 9.71. The molecule has 0 heterocycles. The molecule has 1 aromatic carbocycles. The highest BCUT2D eigenvalue weighted by Crippen LogP contribution is 2.19. The fraction of sp³-hybridized carbons (Fsp3) is 0.200. The maximum Gasteiger partial charge on any atom is 0.275 e. The number of rotatable bonds is 6. The lowest BCUT2D eigenvalue weighted by Crippen LogP contribution is -2.34. The average Bonchev–Trinajstić information content (AvgIpc) is 2.21. The summed E-state index contributed by atoms with van der Waals surface area (Å²) in [5.41, 5.74) is -1.29. The molecular formula is C10H10O4. The van der Waals surface area contributed by atoms with Crippen molar-refractivity contribution in [1.82, 2.24) is 0 Å². The van der Waals surface area contributed by atoms with E-state index in [1.54, 1.807) is 0 Å². The van der Waals surface area contributed by atoms with Crippen LogP contribution >= 0.6 is 0 Å². The van der Waals surface area contributed by atoms with E-state index >= 15 is 0 Å². The van der Waals surface area contributed by atoms with Crippen LogP contribution in [0.25, 0.3) is 0 Å². The second kappa shape index (κ2) is 4.41. The summed E-state index contributed by atoms with van der Waals surface area (Å²) in [6.07, 6.45) is 2.96. The summed E-state index contributed by atoms with van der Waals surface area (Å²) in [6.45, 7) is 7.19. The topological polar surface area (TPSA) is 52.6 Å². The van der Waals surface area contributed by atoms with Crippen LogP contribution in [-0.2, 0) is 0 Å². The summed E-state index contributed by atoms with van der Waals surface area (Å²) in [4.78, 5) is 21.9. The molecule has 0 unspecified atom stereocenters. The van der Waals surface area contributed by atoms with Crippen LogP contribution in [0.1, 0.15) is 0 Å². The summed E-state index contributed by atoms with van der Waals surface area (Å²) in [5.74, 6) is -0.0338. The zero-order valence-electron chi connectivity index (χ0n) is 7.62. The smallest absolute Gasteiger partial charge is 0.275 e.